The molecule has 11 aromatic carbocycles. The summed E-state index contributed by atoms with van der Waals surface area (Å²) in [5.41, 5.74) is 13.4. The van der Waals surface area contributed by atoms with Crippen LogP contribution >= 0.6 is 0 Å². The Labute approximate surface area is 407 Å². The molecule has 330 valence electrons. The number of hydrogen-bond acceptors (Lipinski definition) is 4. The van der Waals surface area contributed by atoms with Crippen LogP contribution in [-0.2, 0) is 0 Å². The maximum atomic E-state index is 6.39. The predicted molar refractivity (Wildman–Crippen MR) is 293 cm³/mol. The lowest BCUT2D eigenvalue weighted by molar-refractivity contribution is 0.669. The zero-order valence-electron chi connectivity index (χ0n) is 38.2. The minimum Gasteiger partial charge on any atom is -0.456 e. The van der Waals surface area contributed by atoms with E-state index in [1.807, 2.05) is 36.4 Å². The van der Waals surface area contributed by atoms with Gasteiger partial charge in [-0.15, -0.1) is 0 Å². The van der Waals surface area contributed by atoms with Crippen LogP contribution < -0.4 is 0 Å². The van der Waals surface area contributed by atoms with Gasteiger partial charge < -0.3 is 8.98 Å². The highest BCUT2D eigenvalue weighted by Crippen LogP contribution is 2.48. The molecule has 0 aliphatic rings. The third kappa shape index (κ3) is 6.05. The molecule has 0 aliphatic carbocycles. The van der Waals surface area contributed by atoms with Crippen LogP contribution in [0.1, 0.15) is 0 Å². The Morgan fingerprint density at radius 3 is 1.49 bits per heavy atom. The molecule has 0 aliphatic heterocycles. The fourth-order valence-corrected chi connectivity index (χ4v) is 11.2. The second kappa shape index (κ2) is 15.4. The molecule has 0 fully saturated rings. The molecule has 4 aromatic heterocycles. The molecule has 0 atom stereocenters. The van der Waals surface area contributed by atoms with Crippen LogP contribution in [0.2, 0.25) is 0 Å². The average molecular weight is 906 g/mol. The zero-order valence-corrected chi connectivity index (χ0v) is 38.2. The van der Waals surface area contributed by atoms with Crippen molar-refractivity contribution in [3.63, 3.8) is 0 Å². The number of hydrogen-bond donors (Lipinski definition) is 0. The minimum absolute atomic E-state index is 0.534. The summed E-state index contributed by atoms with van der Waals surface area (Å²) >= 11 is 0. The molecule has 0 spiro atoms. The standard InChI is InChI=1S/C65H39N5O/c1-4-18-40(19-5-1)44-36-45(41-20-6-2-7-21-41)38-46(37-44)69-56-35-34-55-59(61(56)60-51-27-12-10-24-47(51)48-25-11-13-28-52(48)62(60)69)53-29-14-16-30-54(53)70(55)65-67-63(42-22-8-3-9-23-42)66-64(68-65)43-32-33-50-49-26-15-17-31-57(49)71-58(50)39-43/h1-39H. The summed E-state index contributed by atoms with van der Waals surface area (Å²) < 4.78 is 11.1. The predicted octanol–water partition coefficient (Wildman–Crippen LogP) is 16.9. The fraction of sp³-hybridized carbons (Fsp3) is 0. The maximum absolute atomic E-state index is 6.39. The highest BCUT2D eigenvalue weighted by Gasteiger charge is 2.26. The second-order valence-corrected chi connectivity index (χ2v) is 18.3. The van der Waals surface area contributed by atoms with E-state index in [-0.39, 0.29) is 0 Å². The van der Waals surface area contributed by atoms with E-state index in [9.17, 15) is 0 Å². The van der Waals surface area contributed by atoms with Crippen molar-refractivity contribution >= 4 is 87.1 Å². The van der Waals surface area contributed by atoms with Gasteiger partial charge in [-0.25, -0.2) is 4.98 Å². The van der Waals surface area contributed by atoms with E-state index in [2.05, 4.69) is 209 Å². The summed E-state index contributed by atoms with van der Waals surface area (Å²) in [4.78, 5) is 15.9. The van der Waals surface area contributed by atoms with Crippen LogP contribution in [0.5, 0.6) is 0 Å². The van der Waals surface area contributed by atoms with Crippen LogP contribution in [0.4, 0.5) is 0 Å². The first kappa shape index (κ1) is 39.4. The lowest BCUT2D eigenvalue weighted by Crippen LogP contribution is -2.06. The molecule has 71 heavy (non-hydrogen) atoms. The van der Waals surface area contributed by atoms with Gasteiger partial charge in [0.1, 0.15) is 11.2 Å². The van der Waals surface area contributed by atoms with E-state index < -0.39 is 0 Å². The van der Waals surface area contributed by atoms with Gasteiger partial charge in [0, 0.05) is 54.5 Å². The third-order valence-corrected chi connectivity index (χ3v) is 14.3. The van der Waals surface area contributed by atoms with E-state index in [0.717, 1.165) is 93.8 Å². The normalized spacial score (nSPS) is 11.9. The van der Waals surface area contributed by atoms with Gasteiger partial charge in [-0.05, 0) is 93.0 Å². The first-order chi connectivity index (χ1) is 35.2. The van der Waals surface area contributed by atoms with Crippen LogP contribution in [0.3, 0.4) is 0 Å². The molecule has 4 heterocycles. The topological polar surface area (TPSA) is 61.7 Å². The van der Waals surface area contributed by atoms with E-state index >= 15 is 0 Å². The summed E-state index contributed by atoms with van der Waals surface area (Å²) in [6, 6.07) is 84.1. The largest absolute Gasteiger partial charge is 0.456 e. The molecule has 15 aromatic rings. The third-order valence-electron chi connectivity index (χ3n) is 14.3. The molecule has 6 heteroatoms. The van der Waals surface area contributed by atoms with Crippen LogP contribution in [0.15, 0.2) is 241 Å². The number of furan rings is 1. The van der Waals surface area contributed by atoms with Gasteiger partial charge in [0.2, 0.25) is 5.95 Å². The SMILES string of the molecule is c1ccc(-c2cc(-c3ccccc3)cc(-n3c4ccc5c(c6ccccc6n5-c5nc(-c6ccccc6)nc(-c6ccc7c(c6)oc6ccccc67)n5)c4c4c5ccccc5c5ccccc5c43)c2)cc1. The number of rotatable bonds is 6. The molecule has 0 N–H and O–H groups in total. The van der Waals surface area contributed by atoms with Crippen molar-refractivity contribution in [1.82, 2.24) is 24.1 Å². The zero-order chi connectivity index (χ0) is 46.6. The van der Waals surface area contributed by atoms with Gasteiger partial charge in [-0.1, -0.05) is 182 Å². The number of nitrogens with zero attached hydrogens (tertiary/aromatic N) is 5. The monoisotopic (exact) mass is 905 g/mol. The number of aromatic nitrogens is 5. The smallest absolute Gasteiger partial charge is 0.238 e. The van der Waals surface area contributed by atoms with Gasteiger partial charge in [-0.3, -0.25) is 4.57 Å². The van der Waals surface area contributed by atoms with Crippen molar-refractivity contribution < 1.29 is 4.42 Å². The fourth-order valence-electron chi connectivity index (χ4n) is 11.2. The van der Waals surface area contributed by atoms with Crippen molar-refractivity contribution in [3.05, 3.63) is 237 Å². The van der Waals surface area contributed by atoms with Crippen molar-refractivity contribution in [2.75, 3.05) is 0 Å². The first-order valence-corrected chi connectivity index (χ1v) is 24.0. The Balaban J connectivity index is 1.07. The average Bonchev–Trinajstić information content (AvgIpc) is 4.12. The van der Waals surface area contributed by atoms with Gasteiger partial charge in [0.25, 0.3) is 0 Å². The minimum atomic E-state index is 0.534. The molecule has 0 saturated carbocycles. The molecule has 0 saturated heterocycles. The van der Waals surface area contributed by atoms with E-state index in [1.165, 1.54) is 32.3 Å². The Bertz CT molecular complexity index is 4570. The van der Waals surface area contributed by atoms with Crippen molar-refractivity contribution in [1.29, 1.82) is 0 Å². The summed E-state index contributed by atoms with van der Waals surface area (Å²) in [5.74, 6) is 1.68. The van der Waals surface area contributed by atoms with E-state index in [1.54, 1.807) is 0 Å². The number of benzene rings is 11. The number of fused-ring (bicyclic) bond motifs is 15. The lowest BCUT2D eigenvalue weighted by Gasteiger charge is -2.15. The summed E-state index contributed by atoms with van der Waals surface area (Å²) in [6.45, 7) is 0. The Morgan fingerprint density at radius 2 is 0.803 bits per heavy atom. The molecule has 15 rings (SSSR count). The molecule has 0 unspecified atom stereocenters. The Kier molecular flexibility index (Phi) is 8.56. The molecule has 0 bridgehead atoms. The highest BCUT2D eigenvalue weighted by molar-refractivity contribution is 6.38. The van der Waals surface area contributed by atoms with E-state index in [0.29, 0.717) is 17.6 Å². The summed E-state index contributed by atoms with van der Waals surface area (Å²) in [7, 11) is 0. The Hall–Kier alpha value is -9.65. The van der Waals surface area contributed by atoms with Crippen LogP contribution in [-0.4, -0.2) is 24.1 Å². The van der Waals surface area contributed by atoms with Gasteiger partial charge in [0.05, 0.1) is 22.1 Å². The van der Waals surface area contributed by atoms with Crippen molar-refractivity contribution in [2.45, 2.75) is 0 Å². The first-order valence-electron chi connectivity index (χ1n) is 24.0. The summed E-state index contributed by atoms with van der Waals surface area (Å²) in [6.07, 6.45) is 0. The van der Waals surface area contributed by atoms with Gasteiger partial charge in [0.15, 0.2) is 11.6 Å². The summed E-state index contributed by atoms with van der Waals surface area (Å²) in [5, 5.41) is 11.6. The maximum Gasteiger partial charge on any atom is 0.238 e. The molecule has 0 amide bonds. The Morgan fingerprint density at radius 1 is 0.282 bits per heavy atom. The number of para-hydroxylation sites is 2. The molecular weight excluding hydrogens is 867 g/mol. The molecule has 6 nitrogen and oxygen atoms in total. The second-order valence-electron chi connectivity index (χ2n) is 18.3. The van der Waals surface area contributed by atoms with Crippen molar-refractivity contribution in [3.8, 4) is 56.7 Å². The van der Waals surface area contributed by atoms with Gasteiger partial charge in [-0.2, -0.15) is 9.97 Å². The molecule has 0 radical (unpaired) electrons. The van der Waals surface area contributed by atoms with Crippen molar-refractivity contribution in [2.24, 2.45) is 0 Å². The van der Waals surface area contributed by atoms with Crippen LogP contribution in [0, 0.1) is 0 Å². The van der Waals surface area contributed by atoms with Crippen LogP contribution in [0.25, 0.3) is 144 Å². The lowest BCUT2D eigenvalue weighted by atomic mass is 9.95. The highest BCUT2D eigenvalue weighted by atomic mass is 16.3. The van der Waals surface area contributed by atoms with E-state index in [4.69, 9.17) is 19.4 Å². The molecular formula is C65H39N5O. The quantitative estimate of drug-likeness (QED) is 0.156. The van der Waals surface area contributed by atoms with Gasteiger partial charge >= 0.3 is 0 Å².